The van der Waals surface area contributed by atoms with E-state index in [-0.39, 0.29) is 6.10 Å². The van der Waals surface area contributed by atoms with Gasteiger partial charge >= 0.3 is 0 Å². The summed E-state index contributed by atoms with van der Waals surface area (Å²) < 4.78 is 0. The Labute approximate surface area is 62.8 Å². The molecule has 1 heteroatoms. The van der Waals surface area contributed by atoms with Gasteiger partial charge in [0.15, 0.2) is 0 Å². The molecule has 0 saturated heterocycles. The molecule has 1 atom stereocenters. The van der Waals surface area contributed by atoms with E-state index in [1.54, 1.807) is 6.08 Å². The summed E-state index contributed by atoms with van der Waals surface area (Å²) in [5.41, 5.74) is 0. The first-order valence-electron chi connectivity index (χ1n) is 4.13. The van der Waals surface area contributed by atoms with E-state index in [2.05, 4.69) is 6.58 Å². The average Bonchev–Trinajstić information content (AvgIpc) is 2.40. The predicted molar refractivity (Wildman–Crippen MR) is 42.8 cm³/mol. The molecule has 0 bridgehead atoms. The molecule has 1 fully saturated rings. The molecule has 0 unspecified atom stereocenters. The Morgan fingerprint density at radius 3 is 2.60 bits per heavy atom. The number of hydrogen-bond acceptors (Lipinski definition) is 1. The van der Waals surface area contributed by atoms with Gasteiger partial charge in [-0.15, -0.1) is 6.58 Å². The van der Waals surface area contributed by atoms with Crippen molar-refractivity contribution in [3.8, 4) is 0 Å². The molecule has 0 spiro atoms. The first-order chi connectivity index (χ1) is 4.83. The molecule has 58 valence electrons. The Hall–Kier alpha value is -0.300. The fourth-order valence-corrected chi connectivity index (χ4v) is 1.68. The summed E-state index contributed by atoms with van der Waals surface area (Å²) >= 11 is 0. The van der Waals surface area contributed by atoms with Gasteiger partial charge in [-0.1, -0.05) is 31.8 Å². The zero-order valence-corrected chi connectivity index (χ0v) is 6.42. The van der Waals surface area contributed by atoms with Crippen molar-refractivity contribution in [1.29, 1.82) is 0 Å². The summed E-state index contributed by atoms with van der Waals surface area (Å²) in [5.74, 6) is 0.771. The molecule has 1 saturated carbocycles. The van der Waals surface area contributed by atoms with Crippen LogP contribution in [0.4, 0.5) is 0 Å². The van der Waals surface area contributed by atoms with Crippen LogP contribution in [0, 0.1) is 5.92 Å². The molecule has 1 aliphatic rings. The van der Waals surface area contributed by atoms with Gasteiger partial charge in [0.1, 0.15) is 0 Å². The van der Waals surface area contributed by atoms with E-state index in [9.17, 15) is 5.11 Å². The van der Waals surface area contributed by atoms with Gasteiger partial charge in [0.25, 0.3) is 0 Å². The van der Waals surface area contributed by atoms with Crippen molar-refractivity contribution in [2.24, 2.45) is 5.92 Å². The lowest BCUT2D eigenvalue weighted by Gasteiger charge is -2.10. The summed E-state index contributed by atoms with van der Waals surface area (Å²) in [7, 11) is 0. The molecule has 0 heterocycles. The molecular weight excluding hydrogens is 124 g/mol. The van der Waals surface area contributed by atoms with Crippen LogP contribution >= 0.6 is 0 Å². The Kier molecular flexibility index (Phi) is 2.94. The quantitative estimate of drug-likeness (QED) is 0.595. The zero-order chi connectivity index (χ0) is 7.40. The molecule has 1 N–H and O–H groups in total. The fraction of sp³-hybridized carbons (Fsp3) is 0.778. The van der Waals surface area contributed by atoms with E-state index >= 15 is 0 Å². The standard InChI is InChI=1S/C9H16O/c1-2-9(10)7-8-5-3-4-6-8/h2,8-10H,1,3-7H2/t9-/m1/s1. The van der Waals surface area contributed by atoms with Crippen LogP contribution in [0.2, 0.25) is 0 Å². The van der Waals surface area contributed by atoms with Gasteiger partial charge in [0.2, 0.25) is 0 Å². The van der Waals surface area contributed by atoms with Crippen molar-refractivity contribution in [3.63, 3.8) is 0 Å². The number of hydrogen-bond donors (Lipinski definition) is 1. The third-order valence-corrected chi connectivity index (χ3v) is 2.32. The van der Waals surface area contributed by atoms with Crippen molar-refractivity contribution in [3.05, 3.63) is 12.7 Å². The second kappa shape index (κ2) is 3.77. The maximum Gasteiger partial charge on any atom is 0.0720 e. The highest BCUT2D eigenvalue weighted by Crippen LogP contribution is 2.28. The van der Waals surface area contributed by atoms with Crippen molar-refractivity contribution >= 4 is 0 Å². The van der Waals surface area contributed by atoms with Gasteiger partial charge in [0, 0.05) is 0 Å². The van der Waals surface area contributed by atoms with Gasteiger partial charge in [0.05, 0.1) is 6.10 Å². The minimum absolute atomic E-state index is 0.261. The molecule has 0 aromatic carbocycles. The molecule has 0 aromatic rings. The fourth-order valence-electron chi connectivity index (χ4n) is 1.68. The van der Waals surface area contributed by atoms with Crippen LogP contribution in [0.3, 0.4) is 0 Å². The third-order valence-electron chi connectivity index (χ3n) is 2.32. The molecule has 1 rings (SSSR count). The predicted octanol–water partition coefficient (Wildman–Crippen LogP) is 2.11. The van der Waals surface area contributed by atoms with Gasteiger partial charge in [-0.25, -0.2) is 0 Å². The van der Waals surface area contributed by atoms with E-state index in [0.717, 1.165) is 12.3 Å². The number of aliphatic hydroxyl groups excluding tert-OH is 1. The first-order valence-corrected chi connectivity index (χ1v) is 4.13. The minimum atomic E-state index is -0.261. The Morgan fingerprint density at radius 1 is 1.50 bits per heavy atom. The molecule has 0 amide bonds. The second-order valence-electron chi connectivity index (χ2n) is 3.19. The smallest absolute Gasteiger partial charge is 0.0720 e. The van der Waals surface area contributed by atoms with Crippen LogP contribution in [-0.2, 0) is 0 Å². The van der Waals surface area contributed by atoms with E-state index in [0.29, 0.717) is 0 Å². The molecule has 0 aliphatic heterocycles. The second-order valence-corrected chi connectivity index (χ2v) is 3.19. The summed E-state index contributed by atoms with van der Waals surface area (Å²) in [6, 6.07) is 0. The lowest BCUT2D eigenvalue weighted by Crippen LogP contribution is -2.07. The first kappa shape index (κ1) is 7.80. The van der Waals surface area contributed by atoms with Crippen LogP contribution in [0.25, 0.3) is 0 Å². The minimum Gasteiger partial charge on any atom is -0.389 e. The van der Waals surface area contributed by atoms with Crippen LogP contribution in [0.1, 0.15) is 32.1 Å². The highest BCUT2D eigenvalue weighted by atomic mass is 16.3. The van der Waals surface area contributed by atoms with Crippen molar-refractivity contribution < 1.29 is 5.11 Å². The Morgan fingerprint density at radius 2 is 2.10 bits per heavy atom. The SMILES string of the molecule is C=C[C@@H](O)CC1CCCC1. The molecular formula is C9H16O. The molecule has 0 radical (unpaired) electrons. The normalized spacial score (nSPS) is 22.9. The zero-order valence-electron chi connectivity index (χ0n) is 6.42. The molecule has 10 heavy (non-hydrogen) atoms. The van der Waals surface area contributed by atoms with Gasteiger partial charge in [-0.05, 0) is 12.3 Å². The van der Waals surface area contributed by atoms with Crippen molar-refractivity contribution in [2.75, 3.05) is 0 Å². The summed E-state index contributed by atoms with van der Waals surface area (Å²) in [6.45, 7) is 3.55. The van der Waals surface area contributed by atoms with Crippen LogP contribution in [-0.4, -0.2) is 11.2 Å². The molecule has 1 nitrogen and oxygen atoms in total. The van der Waals surface area contributed by atoms with E-state index < -0.39 is 0 Å². The average molecular weight is 140 g/mol. The molecule has 0 aromatic heterocycles. The van der Waals surface area contributed by atoms with E-state index in [4.69, 9.17) is 0 Å². The van der Waals surface area contributed by atoms with Gasteiger partial charge < -0.3 is 5.11 Å². The van der Waals surface area contributed by atoms with Gasteiger partial charge in [-0.2, -0.15) is 0 Å². The highest BCUT2D eigenvalue weighted by Gasteiger charge is 2.16. The summed E-state index contributed by atoms with van der Waals surface area (Å²) in [5, 5.41) is 9.20. The lowest BCUT2D eigenvalue weighted by molar-refractivity contribution is 0.188. The third kappa shape index (κ3) is 2.14. The van der Waals surface area contributed by atoms with Crippen LogP contribution < -0.4 is 0 Å². The maximum absolute atomic E-state index is 9.20. The number of aliphatic hydroxyl groups is 1. The molecule has 1 aliphatic carbocycles. The van der Waals surface area contributed by atoms with E-state index in [1.165, 1.54) is 25.7 Å². The van der Waals surface area contributed by atoms with Crippen molar-refractivity contribution in [1.82, 2.24) is 0 Å². The highest BCUT2D eigenvalue weighted by molar-refractivity contribution is 4.81. The number of rotatable bonds is 3. The van der Waals surface area contributed by atoms with Crippen LogP contribution in [0.5, 0.6) is 0 Å². The monoisotopic (exact) mass is 140 g/mol. The largest absolute Gasteiger partial charge is 0.389 e. The Bertz CT molecular complexity index is 103. The Balaban J connectivity index is 2.17. The maximum atomic E-state index is 9.20. The summed E-state index contributed by atoms with van der Waals surface area (Å²) in [4.78, 5) is 0. The van der Waals surface area contributed by atoms with Crippen LogP contribution in [0.15, 0.2) is 12.7 Å². The van der Waals surface area contributed by atoms with E-state index in [1.807, 2.05) is 0 Å². The topological polar surface area (TPSA) is 20.2 Å². The van der Waals surface area contributed by atoms with Crippen molar-refractivity contribution in [2.45, 2.75) is 38.2 Å². The lowest BCUT2D eigenvalue weighted by atomic mass is 10.0. The summed E-state index contributed by atoms with van der Waals surface area (Å²) in [6.07, 6.45) is 7.64. The van der Waals surface area contributed by atoms with Gasteiger partial charge in [-0.3, -0.25) is 0 Å².